The number of carbonyl (C=O) groups is 1. The molecule has 22 heavy (non-hydrogen) atoms. The second-order valence-corrected chi connectivity index (χ2v) is 6.62. The number of aromatic nitrogens is 2. The average Bonchev–Trinajstić information content (AvgIpc) is 2.79. The van der Waals surface area contributed by atoms with Crippen LogP contribution >= 0.6 is 22.9 Å². The number of nitrogens with zero attached hydrogens (tertiary/aromatic N) is 2. The molecule has 0 saturated heterocycles. The fourth-order valence-corrected chi connectivity index (χ4v) is 3.23. The number of halogens is 1. The van der Waals surface area contributed by atoms with Gasteiger partial charge in [-0.1, -0.05) is 13.8 Å². The predicted octanol–water partition coefficient (Wildman–Crippen LogP) is 2.84. The third-order valence-corrected chi connectivity index (χ3v) is 4.27. The van der Waals surface area contributed by atoms with Crippen LogP contribution in [0.3, 0.4) is 0 Å². The van der Waals surface area contributed by atoms with Gasteiger partial charge in [-0.3, -0.25) is 0 Å². The zero-order chi connectivity index (χ0) is 16.3. The number of nitrogens with two attached hydrogens (primary N) is 1. The average molecular weight is 343 g/mol. The zero-order valence-electron chi connectivity index (χ0n) is 12.8. The molecule has 0 aromatic carbocycles. The van der Waals surface area contributed by atoms with Crippen LogP contribution in [0.15, 0.2) is 0 Å². The van der Waals surface area contributed by atoms with Crippen LogP contribution in [-0.2, 0) is 4.74 Å². The van der Waals surface area contributed by atoms with E-state index in [2.05, 4.69) is 15.3 Å². The minimum atomic E-state index is -0.338. The van der Waals surface area contributed by atoms with Crippen LogP contribution in [0.2, 0.25) is 5.28 Å². The fourth-order valence-electron chi connectivity index (χ4n) is 1.93. The van der Waals surface area contributed by atoms with Gasteiger partial charge >= 0.3 is 5.97 Å². The van der Waals surface area contributed by atoms with E-state index in [0.717, 1.165) is 10.9 Å². The molecule has 0 aliphatic heterocycles. The number of ether oxygens (including phenoxy) is 1. The molecule has 120 valence electrons. The molecule has 2 aromatic heterocycles. The van der Waals surface area contributed by atoms with Gasteiger partial charge in [-0.25, -0.2) is 14.8 Å². The summed E-state index contributed by atoms with van der Waals surface area (Å²) in [7, 11) is 0. The molecule has 0 unspecified atom stereocenters. The lowest BCUT2D eigenvalue weighted by Gasteiger charge is -2.07. The molecule has 0 saturated carbocycles. The quantitative estimate of drug-likeness (QED) is 0.619. The van der Waals surface area contributed by atoms with Gasteiger partial charge < -0.3 is 15.8 Å². The molecule has 6 nitrogen and oxygen atoms in total. The Kier molecular flexibility index (Phi) is 5.55. The fraction of sp³-hybridized carbons (Fsp3) is 0.500. The number of aryl methyl sites for hydroxylation is 1. The van der Waals surface area contributed by atoms with E-state index in [1.165, 1.54) is 11.3 Å². The summed E-state index contributed by atoms with van der Waals surface area (Å²) in [4.78, 5) is 21.8. The Balaban J connectivity index is 2.41. The van der Waals surface area contributed by atoms with Crippen molar-refractivity contribution in [1.82, 2.24) is 9.97 Å². The van der Waals surface area contributed by atoms with Crippen molar-refractivity contribution in [2.75, 3.05) is 25.0 Å². The number of thiophene rings is 1. The number of rotatable bonds is 6. The summed E-state index contributed by atoms with van der Waals surface area (Å²) < 4.78 is 5.30. The minimum Gasteiger partial charge on any atom is -0.461 e. The normalized spacial score (nSPS) is 11.2. The zero-order valence-corrected chi connectivity index (χ0v) is 14.3. The summed E-state index contributed by atoms with van der Waals surface area (Å²) >= 11 is 7.21. The van der Waals surface area contributed by atoms with Crippen LogP contribution in [0.5, 0.6) is 0 Å². The Morgan fingerprint density at radius 1 is 1.45 bits per heavy atom. The Morgan fingerprint density at radius 2 is 2.18 bits per heavy atom. The molecule has 0 aliphatic carbocycles. The highest BCUT2D eigenvalue weighted by atomic mass is 35.5. The number of hydrogen-bond acceptors (Lipinski definition) is 7. The second-order valence-electron chi connectivity index (χ2n) is 5.29. The lowest BCUT2D eigenvalue weighted by atomic mass is 10.2. The standard InChI is InChI=1S/C14H19ClN4O2S/c1-7(2)6-21-13(20)10-8(3)9-11(17-5-4-16)18-14(15)19-12(9)22-10/h7H,4-6,16H2,1-3H3,(H,17,18,19). The van der Waals surface area contributed by atoms with Crippen LogP contribution in [-0.4, -0.2) is 35.6 Å². The SMILES string of the molecule is Cc1c(C(=O)OCC(C)C)sc2nc(Cl)nc(NCCN)c12. The third-order valence-electron chi connectivity index (χ3n) is 2.93. The Morgan fingerprint density at radius 3 is 2.82 bits per heavy atom. The first-order chi connectivity index (χ1) is 10.4. The van der Waals surface area contributed by atoms with Crippen LogP contribution in [0.25, 0.3) is 10.2 Å². The topological polar surface area (TPSA) is 90.1 Å². The molecule has 0 spiro atoms. The molecule has 0 aliphatic rings. The maximum atomic E-state index is 12.2. The van der Waals surface area contributed by atoms with E-state index in [9.17, 15) is 4.79 Å². The number of anilines is 1. The van der Waals surface area contributed by atoms with Gasteiger partial charge in [0.1, 0.15) is 15.5 Å². The molecule has 0 atom stereocenters. The smallest absolute Gasteiger partial charge is 0.348 e. The molecule has 0 fully saturated rings. The Hall–Kier alpha value is -1.44. The van der Waals surface area contributed by atoms with Crippen molar-refractivity contribution in [1.29, 1.82) is 0 Å². The van der Waals surface area contributed by atoms with Gasteiger partial charge in [0.05, 0.1) is 12.0 Å². The Bertz CT molecular complexity index is 687. The third kappa shape index (κ3) is 3.66. The van der Waals surface area contributed by atoms with Crippen molar-refractivity contribution in [3.8, 4) is 0 Å². The number of hydrogen-bond donors (Lipinski definition) is 2. The Labute approximate surface area is 138 Å². The maximum Gasteiger partial charge on any atom is 0.348 e. The van der Waals surface area contributed by atoms with E-state index in [1.807, 2.05) is 20.8 Å². The van der Waals surface area contributed by atoms with E-state index in [1.54, 1.807) is 0 Å². The lowest BCUT2D eigenvalue weighted by molar-refractivity contribution is 0.0464. The molecule has 8 heteroatoms. The van der Waals surface area contributed by atoms with Crippen molar-refractivity contribution in [2.45, 2.75) is 20.8 Å². The van der Waals surface area contributed by atoms with E-state index in [-0.39, 0.29) is 17.2 Å². The maximum absolute atomic E-state index is 12.2. The monoisotopic (exact) mass is 342 g/mol. The molecular weight excluding hydrogens is 324 g/mol. The van der Waals surface area contributed by atoms with Crippen molar-refractivity contribution in [2.24, 2.45) is 11.7 Å². The van der Waals surface area contributed by atoms with E-state index in [0.29, 0.717) is 35.2 Å². The molecule has 3 N–H and O–H groups in total. The van der Waals surface area contributed by atoms with Gasteiger partial charge in [-0.05, 0) is 30.0 Å². The summed E-state index contributed by atoms with van der Waals surface area (Å²) in [5.41, 5.74) is 6.30. The number of esters is 1. The van der Waals surface area contributed by atoms with Crippen molar-refractivity contribution in [3.05, 3.63) is 15.7 Å². The van der Waals surface area contributed by atoms with Gasteiger partial charge in [0.2, 0.25) is 5.28 Å². The van der Waals surface area contributed by atoms with Crippen molar-refractivity contribution >= 4 is 44.9 Å². The minimum absolute atomic E-state index is 0.135. The van der Waals surface area contributed by atoms with Crippen LogP contribution in [0.1, 0.15) is 29.1 Å². The van der Waals surface area contributed by atoms with Crippen LogP contribution < -0.4 is 11.1 Å². The number of fused-ring (bicyclic) bond motifs is 1. The predicted molar refractivity (Wildman–Crippen MR) is 89.8 cm³/mol. The molecule has 0 radical (unpaired) electrons. The second kappa shape index (κ2) is 7.21. The highest BCUT2D eigenvalue weighted by Gasteiger charge is 2.21. The van der Waals surface area contributed by atoms with Crippen molar-refractivity contribution in [3.63, 3.8) is 0 Å². The van der Waals surface area contributed by atoms with Crippen LogP contribution in [0, 0.1) is 12.8 Å². The van der Waals surface area contributed by atoms with Crippen LogP contribution in [0.4, 0.5) is 5.82 Å². The highest BCUT2D eigenvalue weighted by molar-refractivity contribution is 7.20. The molecule has 0 bridgehead atoms. The van der Waals surface area contributed by atoms with Gasteiger partial charge in [0.15, 0.2) is 0 Å². The summed E-state index contributed by atoms with van der Waals surface area (Å²) in [6, 6.07) is 0. The number of carbonyl (C=O) groups excluding carboxylic acids is 1. The van der Waals surface area contributed by atoms with Crippen molar-refractivity contribution < 1.29 is 9.53 Å². The molecular formula is C14H19ClN4O2S. The summed E-state index contributed by atoms with van der Waals surface area (Å²) in [6.07, 6.45) is 0. The first kappa shape index (κ1) is 16.9. The molecule has 2 aromatic rings. The lowest BCUT2D eigenvalue weighted by Crippen LogP contribution is -2.14. The highest BCUT2D eigenvalue weighted by Crippen LogP contribution is 2.35. The van der Waals surface area contributed by atoms with E-state index >= 15 is 0 Å². The van der Waals surface area contributed by atoms with Gasteiger partial charge in [0, 0.05) is 13.1 Å². The summed E-state index contributed by atoms with van der Waals surface area (Å²) in [5.74, 6) is 0.543. The summed E-state index contributed by atoms with van der Waals surface area (Å²) in [5, 5.41) is 4.04. The van der Waals surface area contributed by atoms with Gasteiger partial charge in [0.25, 0.3) is 0 Å². The van der Waals surface area contributed by atoms with Gasteiger partial charge in [-0.15, -0.1) is 11.3 Å². The first-order valence-corrected chi connectivity index (χ1v) is 8.21. The number of nitrogens with one attached hydrogen (secondary N) is 1. The molecule has 2 heterocycles. The van der Waals surface area contributed by atoms with E-state index in [4.69, 9.17) is 22.1 Å². The molecule has 2 rings (SSSR count). The largest absolute Gasteiger partial charge is 0.461 e. The molecule has 0 amide bonds. The summed E-state index contributed by atoms with van der Waals surface area (Å²) in [6.45, 7) is 7.25. The van der Waals surface area contributed by atoms with Gasteiger partial charge in [-0.2, -0.15) is 0 Å². The van der Waals surface area contributed by atoms with E-state index < -0.39 is 0 Å². The first-order valence-electron chi connectivity index (χ1n) is 7.01.